The highest BCUT2D eigenvalue weighted by Gasteiger charge is 2.58. The van der Waals surface area contributed by atoms with E-state index in [9.17, 15) is 30.3 Å². The summed E-state index contributed by atoms with van der Waals surface area (Å²) in [5.74, 6) is -9.57. The summed E-state index contributed by atoms with van der Waals surface area (Å²) in [6.45, 7) is 2.25. The number of carboxylic acid groups (broad SMARTS) is 1. The van der Waals surface area contributed by atoms with E-state index in [0.717, 1.165) is 25.7 Å². The van der Waals surface area contributed by atoms with Crippen LogP contribution in [0.5, 0.6) is 0 Å². The molecule has 0 aromatic carbocycles. The number of unbranched alkanes of at least 4 members (excludes halogenated alkanes) is 17. The highest BCUT2D eigenvalue weighted by Crippen LogP contribution is 2.25. The van der Waals surface area contributed by atoms with Crippen LogP contribution < -0.4 is 0 Å². The molecule has 0 aromatic rings. The lowest BCUT2D eigenvalue weighted by atomic mass is 9.95. The molecule has 0 fully saturated rings. The molecule has 186 valence electrons. The highest BCUT2D eigenvalue weighted by molar-refractivity contribution is 5.76. The molecule has 0 aliphatic carbocycles. The van der Waals surface area contributed by atoms with E-state index < -0.39 is 23.6 Å². The smallest absolute Gasteiger partial charge is 0.370 e. The number of aliphatic carboxylic acids is 1. The fourth-order valence-corrected chi connectivity index (χ4v) is 3.83. The lowest BCUT2D eigenvalue weighted by Gasteiger charge is -2.34. The van der Waals surface area contributed by atoms with E-state index in [1.54, 1.807) is 0 Å². The standard InChI is InChI=1S/C24H48O7/c1-2-3-4-5-6-7-8-9-10-11-12-13-14-15-16-17-18-19-20-21(25)23(28,29)24(30,31)22(26)27/h21,25,28-31H,2-20H2,1H3,(H,26,27). The van der Waals surface area contributed by atoms with Crippen molar-refractivity contribution in [3.63, 3.8) is 0 Å². The molecule has 7 heteroatoms. The highest BCUT2D eigenvalue weighted by atomic mass is 16.6. The molecule has 0 saturated heterocycles. The number of hydrogen-bond donors (Lipinski definition) is 6. The first-order chi connectivity index (χ1) is 14.7. The number of rotatable bonds is 22. The molecular weight excluding hydrogens is 400 g/mol. The number of carbonyl (C=O) groups is 1. The van der Waals surface area contributed by atoms with Gasteiger partial charge in [0.1, 0.15) is 6.10 Å². The Labute approximate surface area is 188 Å². The van der Waals surface area contributed by atoms with Crippen LogP contribution in [0.3, 0.4) is 0 Å². The first kappa shape index (κ1) is 30.3. The Hall–Kier alpha value is -0.730. The summed E-state index contributed by atoms with van der Waals surface area (Å²) in [6, 6.07) is 0. The molecule has 0 aromatic heterocycles. The van der Waals surface area contributed by atoms with E-state index in [0.29, 0.717) is 6.42 Å². The minimum Gasteiger partial charge on any atom is -0.477 e. The largest absolute Gasteiger partial charge is 0.477 e. The summed E-state index contributed by atoms with van der Waals surface area (Å²) < 4.78 is 0. The van der Waals surface area contributed by atoms with Crippen molar-refractivity contribution in [2.75, 3.05) is 0 Å². The molecule has 0 amide bonds. The van der Waals surface area contributed by atoms with E-state index in [1.807, 2.05) is 0 Å². The van der Waals surface area contributed by atoms with Gasteiger partial charge in [0, 0.05) is 0 Å². The normalized spacial score (nSPS) is 13.5. The van der Waals surface area contributed by atoms with Crippen LogP contribution in [0.4, 0.5) is 0 Å². The lowest BCUT2D eigenvalue weighted by Crippen LogP contribution is -2.65. The summed E-state index contributed by atoms with van der Waals surface area (Å²) >= 11 is 0. The van der Waals surface area contributed by atoms with Gasteiger partial charge in [0.05, 0.1) is 0 Å². The van der Waals surface area contributed by atoms with Crippen LogP contribution in [0, 0.1) is 0 Å². The maximum atomic E-state index is 10.7. The zero-order chi connectivity index (χ0) is 23.6. The maximum Gasteiger partial charge on any atom is 0.370 e. The fraction of sp³-hybridized carbons (Fsp3) is 0.958. The van der Waals surface area contributed by atoms with Gasteiger partial charge in [-0.2, -0.15) is 0 Å². The Morgan fingerprint density at radius 1 is 0.613 bits per heavy atom. The van der Waals surface area contributed by atoms with Crippen LogP contribution in [0.2, 0.25) is 0 Å². The molecule has 0 saturated carbocycles. The third-order valence-electron chi connectivity index (χ3n) is 6.11. The first-order valence-corrected chi connectivity index (χ1v) is 12.5. The molecule has 31 heavy (non-hydrogen) atoms. The van der Waals surface area contributed by atoms with E-state index in [1.165, 1.54) is 83.5 Å². The Bertz CT molecular complexity index is 438. The molecule has 0 bridgehead atoms. The number of aliphatic hydroxyl groups is 5. The van der Waals surface area contributed by atoms with E-state index in [4.69, 9.17) is 5.11 Å². The zero-order valence-corrected chi connectivity index (χ0v) is 19.6. The zero-order valence-electron chi connectivity index (χ0n) is 19.6. The second-order valence-electron chi connectivity index (χ2n) is 9.02. The summed E-state index contributed by atoms with van der Waals surface area (Å²) in [6.07, 6.45) is 19.7. The van der Waals surface area contributed by atoms with Gasteiger partial charge in [-0.3, -0.25) is 0 Å². The van der Waals surface area contributed by atoms with Gasteiger partial charge in [-0.25, -0.2) is 4.79 Å². The maximum absolute atomic E-state index is 10.7. The average molecular weight is 449 g/mol. The van der Waals surface area contributed by atoms with Crippen LogP contribution in [0.1, 0.15) is 129 Å². The second-order valence-corrected chi connectivity index (χ2v) is 9.02. The summed E-state index contributed by atoms with van der Waals surface area (Å²) in [5, 5.41) is 55.9. The van der Waals surface area contributed by atoms with Crippen LogP contribution in [-0.2, 0) is 4.79 Å². The van der Waals surface area contributed by atoms with Crippen molar-refractivity contribution in [2.24, 2.45) is 0 Å². The molecule has 0 heterocycles. The molecular formula is C24H48O7. The van der Waals surface area contributed by atoms with Crippen LogP contribution in [0.25, 0.3) is 0 Å². The molecule has 1 unspecified atom stereocenters. The van der Waals surface area contributed by atoms with Gasteiger partial charge in [-0.15, -0.1) is 0 Å². The third kappa shape index (κ3) is 13.4. The van der Waals surface area contributed by atoms with Gasteiger partial charge in [0.25, 0.3) is 5.79 Å². The minimum absolute atomic E-state index is 0.123. The Balaban J connectivity index is 3.46. The molecule has 0 rings (SSSR count). The predicted octanol–water partition coefficient (Wildman–Crippen LogP) is 4.23. The van der Waals surface area contributed by atoms with E-state index >= 15 is 0 Å². The fourth-order valence-electron chi connectivity index (χ4n) is 3.83. The molecule has 0 aliphatic heterocycles. The van der Waals surface area contributed by atoms with Gasteiger partial charge in [-0.1, -0.05) is 122 Å². The summed E-state index contributed by atoms with van der Waals surface area (Å²) in [5.41, 5.74) is 0. The summed E-state index contributed by atoms with van der Waals surface area (Å²) in [7, 11) is 0. The average Bonchev–Trinajstić information content (AvgIpc) is 2.72. The van der Waals surface area contributed by atoms with Crippen molar-refractivity contribution in [2.45, 2.75) is 147 Å². The van der Waals surface area contributed by atoms with Crippen molar-refractivity contribution in [1.82, 2.24) is 0 Å². The first-order valence-electron chi connectivity index (χ1n) is 12.5. The molecule has 0 aliphatic rings. The molecule has 7 nitrogen and oxygen atoms in total. The Kier molecular flexibility index (Phi) is 17.4. The molecule has 6 N–H and O–H groups in total. The van der Waals surface area contributed by atoms with Crippen LogP contribution >= 0.6 is 0 Å². The Morgan fingerprint density at radius 3 is 1.19 bits per heavy atom. The van der Waals surface area contributed by atoms with Gasteiger partial charge in [-0.05, 0) is 6.42 Å². The third-order valence-corrected chi connectivity index (χ3v) is 6.11. The van der Waals surface area contributed by atoms with Crippen molar-refractivity contribution in [1.29, 1.82) is 0 Å². The van der Waals surface area contributed by atoms with Crippen LogP contribution in [-0.4, -0.2) is 54.3 Å². The SMILES string of the molecule is CCCCCCCCCCCCCCCCCCCCC(O)C(O)(O)C(O)(O)C(=O)O. The van der Waals surface area contributed by atoms with Gasteiger partial charge < -0.3 is 30.6 Å². The van der Waals surface area contributed by atoms with Crippen molar-refractivity contribution < 1.29 is 35.4 Å². The molecule has 1 atom stereocenters. The minimum atomic E-state index is -3.82. The lowest BCUT2D eigenvalue weighted by molar-refractivity contribution is -0.371. The van der Waals surface area contributed by atoms with Crippen molar-refractivity contribution in [3.8, 4) is 0 Å². The molecule has 0 radical (unpaired) electrons. The van der Waals surface area contributed by atoms with Gasteiger partial charge in [0.2, 0.25) is 0 Å². The monoisotopic (exact) mass is 448 g/mol. The van der Waals surface area contributed by atoms with Crippen LogP contribution in [0.15, 0.2) is 0 Å². The van der Waals surface area contributed by atoms with E-state index in [2.05, 4.69) is 6.92 Å². The van der Waals surface area contributed by atoms with Gasteiger partial charge >= 0.3 is 11.8 Å². The predicted molar refractivity (Wildman–Crippen MR) is 121 cm³/mol. The van der Waals surface area contributed by atoms with E-state index in [-0.39, 0.29) is 6.42 Å². The van der Waals surface area contributed by atoms with Crippen molar-refractivity contribution >= 4 is 5.97 Å². The number of hydrogen-bond acceptors (Lipinski definition) is 6. The topological polar surface area (TPSA) is 138 Å². The second kappa shape index (κ2) is 17.8. The number of carboxylic acids is 1. The Morgan fingerprint density at radius 2 is 0.903 bits per heavy atom. The number of aliphatic hydroxyl groups excluding tert-OH is 1. The quantitative estimate of drug-likeness (QED) is 0.108. The summed E-state index contributed by atoms with van der Waals surface area (Å²) in [4.78, 5) is 10.7. The molecule has 0 spiro atoms. The van der Waals surface area contributed by atoms with Gasteiger partial charge in [0.15, 0.2) is 0 Å². The van der Waals surface area contributed by atoms with Crippen molar-refractivity contribution in [3.05, 3.63) is 0 Å².